The topological polar surface area (TPSA) is 284 Å². The molecule has 748 valence electrons. The van der Waals surface area contributed by atoms with Gasteiger partial charge in [-0.2, -0.15) is 0 Å². The van der Waals surface area contributed by atoms with E-state index in [0.717, 1.165) is 160 Å². The first-order valence-corrected chi connectivity index (χ1v) is 49.9. The fourth-order valence-corrected chi connectivity index (χ4v) is 11.9. The molecule has 0 saturated heterocycles. The lowest BCUT2D eigenvalue weighted by Crippen LogP contribution is -1.85. The second-order valence-corrected chi connectivity index (χ2v) is 27.9. The van der Waals surface area contributed by atoms with Gasteiger partial charge in [0.1, 0.15) is 6.33 Å². The van der Waals surface area contributed by atoms with Crippen molar-refractivity contribution >= 4 is 120 Å². The van der Waals surface area contributed by atoms with Crippen LogP contribution in [0.4, 0.5) is 0 Å². The van der Waals surface area contributed by atoms with Gasteiger partial charge >= 0.3 is 0 Å². The zero-order valence-corrected chi connectivity index (χ0v) is 91.1. The average molecular weight is 1920 g/mol. The number of para-hydroxylation sites is 1. The van der Waals surface area contributed by atoms with E-state index in [9.17, 15) is 0 Å². The van der Waals surface area contributed by atoms with Crippen molar-refractivity contribution in [3.63, 3.8) is 0 Å². The van der Waals surface area contributed by atoms with Crippen LogP contribution in [-0.2, 0) is 0 Å². The summed E-state index contributed by atoms with van der Waals surface area (Å²) in [5, 5.41) is 13.6. The number of rotatable bonds is 0. The molecule has 22 heteroatoms. The van der Waals surface area contributed by atoms with Crippen LogP contribution in [0.5, 0.6) is 0 Å². The maximum atomic E-state index is 4.31. The highest BCUT2D eigenvalue weighted by molar-refractivity contribution is 5.85. The van der Waals surface area contributed by atoms with Crippen LogP contribution in [0.25, 0.3) is 120 Å². The van der Waals surface area contributed by atoms with Crippen LogP contribution in [0.3, 0.4) is 0 Å². The van der Waals surface area contributed by atoms with Crippen molar-refractivity contribution in [1.82, 2.24) is 110 Å². The van der Waals surface area contributed by atoms with Crippen LogP contribution in [0.2, 0.25) is 0 Å². The molecular weight excluding hydrogens is 1760 g/mol. The SMILES string of the molecule is CC.CC.CC.CC.CC.CC.CC.CC.CC.CC.CC.Cc1cc2cccnc2cn1.Cc1cc2ccncc2cn1.Cc1cc2cnccc2cn1.Cc1cc2ncccc2cn1.Cc1ccc2cccnc2n1.Cc1ccc2ccncc2n1.Cc1cnc2cccnc2c1.Cc1cnc2ccncc2c1.Cc1cnc2cnccc2c1.Cc1cnc2ncccc2c1.Cc1ncnc2ccccc12. The number of nitrogens with zero attached hydrogens (tertiary/aromatic N) is 22. The first kappa shape index (κ1) is 125. The maximum absolute atomic E-state index is 4.31. The summed E-state index contributed by atoms with van der Waals surface area (Å²) in [6.45, 7) is 65.9. The first-order valence-electron chi connectivity index (χ1n) is 49.9. The van der Waals surface area contributed by atoms with Gasteiger partial charge in [-0.15, -0.1) is 0 Å². The third-order valence-electron chi connectivity index (χ3n) is 18.0. The number of pyridine rings is 20. The highest BCUT2D eigenvalue weighted by atomic mass is 14.9. The molecular formula is C121H154N22. The minimum absolute atomic E-state index is 0.818. The summed E-state index contributed by atoms with van der Waals surface area (Å²) in [7, 11) is 0. The van der Waals surface area contributed by atoms with Crippen LogP contribution in [0.1, 0.15) is 214 Å². The smallest absolute Gasteiger partial charge is 0.159 e. The molecule has 22 nitrogen and oxygen atoms in total. The Hall–Kier alpha value is -15.8. The highest BCUT2D eigenvalue weighted by Crippen LogP contribution is 2.19. The predicted molar refractivity (Wildman–Crippen MR) is 612 cm³/mol. The molecule has 0 aliphatic carbocycles. The third-order valence-corrected chi connectivity index (χ3v) is 18.0. The van der Waals surface area contributed by atoms with Gasteiger partial charge in [0.25, 0.3) is 0 Å². The molecule has 22 rings (SSSR count). The van der Waals surface area contributed by atoms with Crippen LogP contribution < -0.4 is 0 Å². The Balaban J connectivity index is 0.000000771. The van der Waals surface area contributed by atoms with E-state index < -0.39 is 0 Å². The maximum Gasteiger partial charge on any atom is 0.159 e. The number of aryl methyl sites for hydroxylation is 11. The molecule has 0 aliphatic heterocycles. The van der Waals surface area contributed by atoms with Crippen LogP contribution in [0.15, 0.2) is 337 Å². The number of aromatic nitrogens is 22. The molecule has 0 fully saturated rings. The summed E-state index contributed by atoms with van der Waals surface area (Å²) < 4.78 is 0. The molecule has 0 unspecified atom stereocenters. The van der Waals surface area contributed by atoms with Gasteiger partial charge in [-0.25, -0.2) is 29.9 Å². The van der Waals surface area contributed by atoms with Crippen LogP contribution in [-0.4, -0.2) is 110 Å². The van der Waals surface area contributed by atoms with Gasteiger partial charge in [-0.3, -0.25) is 79.7 Å². The van der Waals surface area contributed by atoms with Gasteiger partial charge < -0.3 is 0 Å². The summed E-state index contributed by atoms with van der Waals surface area (Å²) >= 11 is 0. The quantitative estimate of drug-likeness (QED) is 0.136. The van der Waals surface area contributed by atoms with Crippen molar-refractivity contribution in [3.8, 4) is 0 Å². The summed E-state index contributed by atoms with van der Waals surface area (Å²) in [4.78, 5) is 91.1. The lowest BCUT2D eigenvalue weighted by molar-refractivity contribution is 1.15. The second kappa shape index (κ2) is 77.0. The molecule has 0 bridgehead atoms. The number of hydrogen-bond acceptors (Lipinski definition) is 22. The number of fused-ring (bicyclic) bond motifs is 11. The second-order valence-electron chi connectivity index (χ2n) is 27.9. The molecule has 143 heavy (non-hydrogen) atoms. The number of benzene rings is 1. The van der Waals surface area contributed by atoms with Gasteiger partial charge in [-0.05, 0) is 262 Å². The van der Waals surface area contributed by atoms with E-state index in [4.69, 9.17) is 0 Å². The Bertz CT molecular complexity index is 5840. The molecule has 21 heterocycles. The summed E-state index contributed by atoms with van der Waals surface area (Å²) in [6, 6.07) is 61.9. The third kappa shape index (κ3) is 46.2. The molecule has 21 aromatic heterocycles. The van der Waals surface area contributed by atoms with Crippen molar-refractivity contribution in [3.05, 3.63) is 399 Å². The Morgan fingerprint density at radius 1 is 0.154 bits per heavy atom. The Kier molecular flexibility index (Phi) is 67.4. The molecule has 0 aliphatic rings. The van der Waals surface area contributed by atoms with Crippen molar-refractivity contribution in [2.24, 2.45) is 0 Å². The molecule has 0 N–H and O–H groups in total. The zero-order valence-electron chi connectivity index (χ0n) is 91.1. The largest absolute Gasteiger partial charge is 0.264 e. The van der Waals surface area contributed by atoms with Crippen molar-refractivity contribution < 1.29 is 0 Å². The fraction of sp³-hybridized carbons (Fsp3) is 0.273. The zero-order chi connectivity index (χ0) is 106. The van der Waals surface area contributed by atoms with Gasteiger partial charge in [0.05, 0.1) is 62.7 Å². The summed E-state index contributed by atoms with van der Waals surface area (Å²) in [6.07, 6.45) is 43.1. The van der Waals surface area contributed by atoms with Crippen molar-refractivity contribution in [1.29, 1.82) is 0 Å². The fourth-order valence-electron chi connectivity index (χ4n) is 11.9. The Morgan fingerprint density at radius 2 is 0.538 bits per heavy atom. The van der Waals surface area contributed by atoms with Gasteiger partial charge in [0.2, 0.25) is 0 Å². The molecule has 0 saturated carbocycles. The lowest BCUT2D eigenvalue weighted by Gasteiger charge is -1.96. The van der Waals surface area contributed by atoms with Crippen molar-refractivity contribution in [2.45, 2.75) is 228 Å². The van der Waals surface area contributed by atoms with E-state index in [-0.39, 0.29) is 0 Å². The van der Waals surface area contributed by atoms with E-state index in [2.05, 4.69) is 140 Å². The molecule has 1 aromatic carbocycles. The van der Waals surface area contributed by atoms with Gasteiger partial charge in [-0.1, -0.05) is 183 Å². The Labute approximate surface area is 851 Å². The predicted octanol–water partition coefficient (Wildman–Crippen LogP) is 32.6. The van der Waals surface area contributed by atoms with Gasteiger partial charge in [0.15, 0.2) is 11.3 Å². The minimum atomic E-state index is 0.818. The number of hydrogen-bond donors (Lipinski definition) is 0. The monoisotopic (exact) mass is 1920 g/mol. The molecule has 22 aromatic rings. The van der Waals surface area contributed by atoms with E-state index >= 15 is 0 Å². The van der Waals surface area contributed by atoms with Crippen LogP contribution in [0, 0.1) is 76.2 Å². The lowest BCUT2D eigenvalue weighted by atomic mass is 10.2. The summed E-state index contributed by atoms with van der Waals surface area (Å²) in [5.41, 5.74) is 21.4. The molecule has 0 amide bonds. The normalized spacial score (nSPS) is 9.15. The van der Waals surface area contributed by atoms with Crippen molar-refractivity contribution in [2.75, 3.05) is 0 Å². The standard InChI is InChI=1S/11C9H8N2.11C2H6/c1-7-4-9-5-10-3-2-8(9)6-11-7;1-7-4-8-2-3-10-5-9(8)6-11-7;1-7-4-8-6-10-3-2-9(8)11-5-7;1-7-4-8-2-3-10-6-9(8)11-5-7;1-7-2-3-8-4-5-10-6-9(8)11-7;1-7-4-5-8-3-2-6-10-9(8)11-7;1-7-5-9-8(6-11-7)3-2-4-10-9;1-7-5-8-3-2-4-10-9(8)6-11-7;1-7-5-9-8(11-6-7)3-2-4-10-9;1-7-5-8-3-2-4-10-9(8)11-6-7;1-7-8-4-2-3-5-9(8)11-6-10-7;11*1-2/h11*2-6H,1H3;11*1-2H3. The first-order chi connectivity index (χ1) is 70.0. The van der Waals surface area contributed by atoms with E-state index in [1.807, 2.05) is 448 Å². The molecule has 0 radical (unpaired) electrons. The minimum Gasteiger partial charge on any atom is -0.264 e. The average Bonchev–Trinajstić information content (AvgIpc) is 0.839. The van der Waals surface area contributed by atoms with Crippen LogP contribution >= 0.6 is 0 Å². The molecule has 0 spiro atoms. The van der Waals surface area contributed by atoms with E-state index in [1.54, 1.807) is 86.9 Å². The summed E-state index contributed by atoms with van der Waals surface area (Å²) in [5.74, 6) is 0. The highest BCUT2D eigenvalue weighted by Gasteiger charge is 2.02. The van der Waals surface area contributed by atoms with E-state index in [0.29, 0.717) is 0 Å². The molecule has 0 atom stereocenters. The van der Waals surface area contributed by atoms with Gasteiger partial charge in [0, 0.05) is 223 Å². The Morgan fingerprint density at radius 3 is 1.15 bits per heavy atom. The van der Waals surface area contributed by atoms with E-state index in [1.165, 1.54) is 22.1 Å².